The average molecular weight is 399 g/mol. The van der Waals surface area contributed by atoms with Crippen molar-refractivity contribution in [1.29, 1.82) is 0 Å². The summed E-state index contributed by atoms with van der Waals surface area (Å²) in [5.74, 6) is -1.35. The van der Waals surface area contributed by atoms with Crippen LogP contribution >= 0.6 is 0 Å². The van der Waals surface area contributed by atoms with E-state index in [1.807, 2.05) is 73.9 Å². The van der Waals surface area contributed by atoms with Crippen LogP contribution < -0.4 is 10.2 Å². The Hall–Kier alpha value is -3.93. The van der Waals surface area contributed by atoms with Crippen molar-refractivity contribution in [2.75, 3.05) is 4.90 Å². The van der Waals surface area contributed by atoms with Crippen molar-refractivity contribution in [1.82, 2.24) is 9.88 Å². The van der Waals surface area contributed by atoms with Gasteiger partial charge < -0.3 is 4.57 Å². The van der Waals surface area contributed by atoms with Gasteiger partial charge in [-0.2, -0.15) is 0 Å². The predicted octanol–water partition coefficient (Wildman–Crippen LogP) is 4.07. The number of barbiturate groups is 1. The highest BCUT2D eigenvalue weighted by Gasteiger charge is 2.37. The number of anilines is 1. The molecule has 2 heterocycles. The molecule has 0 saturated carbocycles. The Morgan fingerprint density at radius 3 is 2.13 bits per heavy atom. The fourth-order valence-corrected chi connectivity index (χ4v) is 3.72. The average Bonchev–Trinajstić information content (AvgIpc) is 3.05. The van der Waals surface area contributed by atoms with E-state index in [-0.39, 0.29) is 5.57 Å². The number of urea groups is 1. The minimum atomic E-state index is -0.748. The number of carbonyl (C=O) groups is 3. The molecule has 30 heavy (non-hydrogen) atoms. The highest BCUT2D eigenvalue weighted by molar-refractivity contribution is 6.39. The molecule has 4 amide bonds. The normalized spacial score (nSPS) is 15.6. The summed E-state index contributed by atoms with van der Waals surface area (Å²) in [7, 11) is 0. The van der Waals surface area contributed by atoms with Crippen LogP contribution in [0.3, 0.4) is 0 Å². The van der Waals surface area contributed by atoms with Gasteiger partial charge in [0.15, 0.2) is 0 Å². The topological polar surface area (TPSA) is 71.4 Å². The quantitative estimate of drug-likeness (QED) is 0.533. The number of aryl methyl sites for hydroxylation is 3. The molecule has 3 aromatic rings. The summed E-state index contributed by atoms with van der Waals surface area (Å²) in [5.41, 5.74) is 4.72. The molecule has 1 aliphatic heterocycles. The maximum absolute atomic E-state index is 13.2. The number of benzene rings is 2. The second-order valence-electron chi connectivity index (χ2n) is 7.37. The third-order valence-corrected chi connectivity index (χ3v) is 4.98. The highest BCUT2D eigenvalue weighted by atomic mass is 16.2. The molecule has 1 N–H and O–H groups in total. The van der Waals surface area contributed by atoms with Crippen molar-refractivity contribution >= 4 is 29.6 Å². The van der Waals surface area contributed by atoms with Gasteiger partial charge in [0.05, 0.1) is 5.69 Å². The second-order valence-corrected chi connectivity index (χ2v) is 7.37. The molecule has 1 aliphatic rings. The van der Waals surface area contributed by atoms with E-state index < -0.39 is 17.8 Å². The summed E-state index contributed by atoms with van der Waals surface area (Å²) in [4.78, 5) is 39.2. The zero-order chi connectivity index (χ0) is 21.4. The van der Waals surface area contributed by atoms with Crippen LogP contribution in [0.15, 0.2) is 66.2 Å². The summed E-state index contributed by atoms with van der Waals surface area (Å²) in [6.45, 7) is 5.73. The lowest BCUT2D eigenvalue weighted by Crippen LogP contribution is -2.54. The fraction of sp³-hybridized carbons (Fsp3) is 0.125. The van der Waals surface area contributed by atoms with E-state index in [0.29, 0.717) is 11.4 Å². The Balaban J connectivity index is 1.80. The first-order valence-electron chi connectivity index (χ1n) is 9.58. The Morgan fingerprint density at radius 2 is 1.47 bits per heavy atom. The van der Waals surface area contributed by atoms with Crippen LogP contribution in [-0.4, -0.2) is 22.4 Å². The highest BCUT2D eigenvalue weighted by Crippen LogP contribution is 2.25. The maximum atomic E-state index is 13.2. The Labute approximate surface area is 174 Å². The standard InChI is InChI=1S/C24H21N3O3/c1-15-11-16(2)13-20(12-15)27-23(29)21(22(28)25-24(27)30)14-19-10-9-17(3)26(19)18-7-5-4-6-8-18/h4-14H,1-3H3,(H,25,28,30)/b21-14+. The van der Waals surface area contributed by atoms with Crippen molar-refractivity contribution < 1.29 is 14.4 Å². The molecule has 0 spiro atoms. The molecule has 6 nitrogen and oxygen atoms in total. The fourth-order valence-electron chi connectivity index (χ4n) is 3.72. The van der Waals surface area contributed by atoms with Crippen molar-refractivity contribution in [3.63, 3.8) is 0 Å². The van der Waals surface area contributed by atoms with Gasteiger partial charge in [-0.15, -0.1) is 0 Å². The van der Waals surface area contributed by atoms with Crippen molar-refractivity contribution in [2.24, 2.45) is 0 Å². The summed E-state index contributed by atoms with van der Waals surface area (Å²) in [5, 5.41) is 2.28. The molecule has 1 fully saturated rings. The number of nitrogens with one attached hydrogen (secondary N) is 1. The van der Waals surface area contributed by atoms with Crippen LogP contribution in [0.1, 0.15) is 22.5 Å². The van der Waals surface area contributed by atoms with Crippen molar-refractivity contribution in [3.8, 4) is 5.69 Å². The van der Waals surface area contributed by atoms with E-state index in [0.717, 1.165) is 27.4 Å². The molecule has 4 rings (SSSR count). The zero-order valence-electron chi connectivity index (χ0n) is 17.0. The van der Waals surface area contributed by atoms with Gasteiger partial charge in [0, 0.05) is 17.1 Å². The summed E-state index contributed by atoms with van der Waals surface area (Å²) in [6, 6.07) is 18.1. The molecule has 2 aromatic carbocycles. The smallest absolute Gasteiger partial charge is 0.314 e. The molecule has 0 atom stereocenters. The SMILES string of the molecule is Cc1cc(C)cc(N2C(=O)NC(=O)/C(=C\c3ccc(C)n3-c3ccccc3)C2=O)c1. The van der Waals surface area contributed by atoms with Crippen LogP contribution in [0.5, 0.6) is 0 Å². The van der Waals surface area contributed by atoms with E-state index in [2.05, 4.69) is 5.32 Å². The van der Waals surface area contributed by atoms with E-state index in [1.165, 1.54) is 6.08 Å². The van der Waals surface area contributed by atoms with Crippen LogP contribution in [-0.2, 0) is 9.59 Å². The molecule has 0 radical (unpaired) electrons. The van der Waals surface area contributed by atoms with Crippen molar-refractivity contribution in [3.05, 3.63) is 88.8 Å². The second kappa shape index (κ2) is 7.48. The van der Waals surface area contributed by atoms with Crippen LogP contribution in [0.25, 0.3) is 11.8 Å². The van der Waals surface area contributed by atoms with E-state index in [1.54, 1.807) is 12.1 Å². The Kier molecular flexibility index (Phi) is 4.83. The number of hydrogen-bond acceptors (Lipinski definition) is 3. The minimum Gasteiger partial charge on any atom is -0.314 e. The van der Waals surface area contributed by atoms with Crippen LogP contribution in [0.4, 0.5) is 10.5 Å². The number of amides is 4. The van der Waals surface area contributed by atoms with Gasteiger partial charge in [-0.1, -0.05) is 24.3 Å². The van der Waals surface area contributed by atoms with Gasteiger partial charge in [-0.05, 0) is 74.4 Å². The zero-order valence-corrected chi connectivity index (χ0v) is 17.0. The minimum absolute atomic E-state index is 0.0935. The molecule has 0 aliphatic carbocycles. The van der Waals surface area contributed by atoms with Gasteiger partial charge in [0.25, 0.3) is 11.8 Å². The summed E-state index contributed by atoms with van der Waals surface area (Å²) >= 11 is 0. The number of imide groups is 2. The Bertz CT molecular complexity index is 1190. The van der Waals surface area contributed by atoms with Crippen molar-refractivity contribution in [2.45, 2.75) is 20.8 Å². The molecule has 1 saturated heterocycles. The number of nitrogens with zero attached hydrogens (tertiary/aromatic N) is 2. The number of aromatic nitrogens is 1. The van der Waals surface area contributed by atoms with Gasteiger partial charge in [-0.25, -0.2) is 9.69 Å². The largest absolute Gasteiger partial charge is 0.335 e. The first kappa shape index (κ1) is 19.4. The number of rotatable bonds is 3. The van der Waals surface area contributed by atoms with E-state index in [4.69, 9.17) is 0 Å². The third-order valence-electron chi connectivity index (χ3n) is 4.98. The first-order chi connectivity index (χ1) is 14.3. The van der Waals surface area contributed by atoms with Gasteiger partial charge in [0.1, 0.15) is 5.57 Å². The van der Waals surface area contributed by atoms with Gasteiger partial charge in [0.2, 0.25) is 0 Å². The predicted molar refractivity (Wildman–Crippen MR) is 115 cm³/mol. The van der Waals surface area contributed by atoms with Crippen LogP contribution in [0, 0.1) is 20.8 Å². The number of carbonyl (C=O) groups excluding carboxylic acids is 3. The molecule has 0 unspecified atom stereocenters. The van der Waals surface area contributed by atoms with Crippen LogP contribution in [0.2, 0.25) is 0 Å². The number of para-hydroxylation sites is 1. The van der Waals surface area contributed by atoms with Gasteiger partial charge >= 0.3 is 6.03 Å². The summed E-state index contributed by atoms with van der Waals surface area (Å²) in [6.07, 6.45) is 1.53. The Morgan fingerprint density at radius 1 is 0.800 bits per heavy atom. The molecular weight excluding hydrogens is 378 g/mol. The molecule has 1 aromatic heterocycles. The molecule has 6 heteroatoms. The maximum Gasteiger partial charge on any atom is 0.335 e. The van der Waals surface area contributed by atoms with Gasteiger partial charge in [-0.3, -0.25) is 14.9 Å². The molecular formula is C24H21N3O3. The summed E-state index contributed by atoms with van der Waals surface area (Å²) < 4.78 is 1.95. The third kappa shape index (κ3) is 3.43. The lowest BCUT2D eigenvalue weighted by atomic mass is 10.1. The lowest BCUT2D eigenvalue weighted by Gasteiger charge is -2.27. The number of hydrogen-bond donors (Lipinski definition) is 1. The first-order valence-corrected chi connectivity index (χ1v) is 9.58. The van der Waals surface area contributed by atoms with E-state index >= 15 is 0 Å². The van der Waals surface area contributed by atoms with E-state index in [9.17, 15) is 14.4 Å². The monoisotopic (exact) mass is 399 g/mol. The molecule has 150 valence electrons. The molecule has 0 bridgehead atoms. The lowest BCUT2D eigenvalue weighted by molar-refractivity contribution is -0.122.